The number of fused-ring (bicyclic) bond motifs is 1. The molecule has 2 saturated heterocycles. The fraction of sp³-hybridized carbons (Fsp3) is 0.588. The standard InChI is InChI=1S/C17H24N6O2/c1-22(17(24)21-12-4-8-25-9-5-12)13-3-7-23(10-13)16-14-2-6-18-15(14)19-11-20-16/h2,6,11-13H,3-5,7-10H2,1H3,(H,21,24)(H,18,19,20)/t13-/m1/s1. The summed E-state index contributed by atoms with van der Waals surface area (Å²) < 4.78 is 5.35. The summed E-state index contributed by atoms with van der Waals surface area (Å²) in [6.45, 7) is 3.13. The lowest BCUT2D eigenvalue weighted by Gasteiger charge is -2.29. The van der Waals surface area contributed by atoms with Gasteiger partial charge in [0.05, 0.1) is 11.4 Å². The van der Waals surface area contributed by atoms with Crippen LogP contribution >= 0.6 is 0 Å². The van der Waals surface area contributed by atoms with Crippen LogP contribution in [0.5, 0.6) is 0 Å². The third-order valence-electron chi connectivity index (χ3n) is 5.21. The van der Waals surface area contributed by atoms with Crippen molar-refractivity contribution in [2.24, 2.45) is 0 Å². The molecule has 0 spiro atoms. The number of nitrogens with one attached hydrogen (secondary N) is 2. The van der Waals surface area contributed by atoms with Gasteiger partial charge in [-0.2, -0.15) is 0 Å². The van der Waals surface area contributed by atoms with Gasteiger partial charge in [0.2, 0.25) is 0 Å². The molecule has 2 N–H and O–H groups in total. The van der Waals surface area contributed by atoms with E-state index in [2.05, 4.69) is 25.2 Å². The van der Waals surface area contributed by atoms with Gasteiger partial charge < -0.3 is 24.8 Å². The number of rotatable bonds is 3. The van der Waals surface area contributed by atoms with Crippen LogP contribution in [0, 0.1) is 0 Å². The SMILES string of the molecule is CN(C(=O)NC1CCOCC1)[C@@H]1CCN(c2ncnc3[nH]ccc23)C1. The van der Waals surface area contributed by atoms with Crippen LogP contribution in [0.4, 0.5) is 10.6 Å². The molecule has 0 bridgehead atoms. The van der Waals surface area contributed by atoms with Crippen molar-refractivity contribution >= 4 is 22.9 Å². The van der Waals surface area contributed by atoms with Crippen molar-refractivity contribution in [3.05, 3.63) is 18.6 Å². The Kier molecular flexibility index (Phi) is 4.44. The number of carbonyl (C=O) groups excluding carboxylic acids is 1. The van der Waals surface area contributed by atoms with E-state index in [9.17, 15) is 4.79 Å². The molecule has 2 amide bonds. The quantitative estimate of drug-likeness (QED) is 0.878. The molecule has 134 valence electrons. The molecule has 2 aromatic rings. The number of nitrogens with zero attached hydrogens (tertiary/aromatic N) is 4. The van der Waals surface area contributed by atoms with Crippen LogP contribution < -0.4 is 10.2 Å². The number of carbonyl (C=O) groups is 1. The van der Waals surface area contributed by atoms with E-state index in [0.29, 0.717) is 0 Å². The van der Waals surface area contributed by atoms with Gasteiger partial charge in [0.25, 0.3) is 0 Å². The topological polar surface area (TPSA) is 86.4 Å². The van der Waals surface area contributed by atoms with Gasteiger partial charge in [-0.25, -0.2) is 14.8 Å². The lowest BCUT2D eigenvalue weighted by Crippen LogP contribution is -2.49. The Hall–Kier alpha value is -2.35. The number of hydrogen-bond donors (Lipinski definition) is 2. The number of anilines is 1. The summed E-state index contributed by atoms with van der Waals surface area (Å²) in [5, 5.41) is 4.16. The second kappa shape index (κ2) is 6.87. The maximum Gasteiger partial charge on any atom is 0.317 e. The molecule has 2 aliphatic rings. The number of hydrogen-bond acceptors (Lipinski definition) is 5. The maximum absolute atomic E-state index is 12.5. The van der Waals surface area contributed by atoms with Crippen LogP contribution in [0.25, 0.3) is 11.0 Å². The zero-order valence-corrected chi connectivity index (χ0v) is 14.4. The number of aromatic nitrogens is 3. The van der Waals surface area contributed by atoms with Gasteiger partial charge >= 0.3 is 6.03 Å². The minimum Gasteiger partial charge on any atom is -0.381 e. The van der Waals surface area contributed by atoms with Crippen LogP contribution in [-0.4, -0.2) is 71.3 Å². The molecule has 2 fully saturated rings. The Labute approximate surface area is 146 Å². The average molecular weight is 344 g/mol. The van der Waals surface area contributed by atoms with E-state index < -0.39 is 0 Å². The van der Waals surface area contributed by atoms with E-state index >= 15 is 0 Å². The number of likely N-dealkylation sites (N-methyl/N-ethyl adjacent to an activating group) is 1. The molecule has 0 radical (unpaired) electrons. The van der Waals surface area contributed by atoms with Crippen LogP contribution in [-0.2, 0) is 4.74 Å². The largest absolute Gasteiger partial charge is 0.381 e. The molecule has 2 aromatic heterocycles. The van der Waals surface area contributed by atoms with E-state index in [-0.39, 0.29) is 18.1 Å². The number of amides is 2. The molecule has 1 atom stereocenters. The third kappa shape index (κ3) is 3.26. The molecule has 2 aliphatic heterocycles. The summed E-state index contributed by atoms with van der Waals surface area (Å²) in [4.78, 5) is 28.4. The van der Waals surface area contributed by atoms with Crippen LogP contribution in [0.15, 0.2) is 18.6 Å². The van der Waals surface area contributed by atoms with Crippen molar-refractivity contribution in [3.63, 3.8) is 0 Å². The van der Waals surface area contributed by atoms with Crippen LogP contribution in [0.2, 0.25) is 0 Å². The maximum atomic E-state index is 12.5. The van der Waals surface area contributed by atoms with Crippen molar-refractivity contribution in [3.8, 4) is 0 Å². The highest BCUT2D eigenvalue weighted by molar-refractivity contribution is 5.87. The predicted molar refractivity (Wildman–Crippen MR) is 94.6 cm³/mol. The van der Waals surface area contributed by atoms with Gasteiger partial charge in [-0.05, 0) is 25.3 Å². The fourth-order valence-electron chi connectivity index (χ4n) is 3.65. The third-order valence-corrected chi connectivity index (χ3v) is 5.21. The van der Waals surface area contributed by atoms with Gasteiger partial charge in [-0.15, -0.1) is 0 Å². The van der Waals surface area contributed by atoms with E-state index in [1.54, 1.807) is 6.33 Å². The first kappa shape index (κ1) is 16.1. The molecule has 8 nitrogen and oxygen atoms in total. The average Bonchev–Trinajstić information content (AvgIpc) is 3.31. The normalized spacial score (nSPS) is 21.6. The first-order chi connectivity index (χ1) is 12.2. The lowest BCUT2D eigenvalue weighted by atomic mass is 10.1. The van der Waals surface area contributed by atoms with E-state index in [0.717, 1.165) is 62.4 Å². The van der Waals surface area contributed by atoms with Crippen molar-refractivity contribution < 1.29 is 9.53 Å². The molecular weight excluding hydrogens is 320 g/mol. The van der Waals surface area contributed by atoms with Crippen molar-refractivity contribution in [1.29, 1.82) is 0 Å². The number of ether oxygens (including phenoxy) is 1. The van der Waals surface area contributed by atoms with E-state index in [1.807, 2.05) is 24.2 Å². The molecule has 0 unspecified atom stereocenters. The molecule has 25 heavy (non-hydrogen) atoms. The highest BCUT2D eigenvalue weighted by Gasteiger charge is 2.31. The molecule has 0 aromatic carbocycles. The first-order valence-corrected chi connectivity index (χ1v) is 8.86. The Bertz CT molecular complexity index is 742. The molecular formula is C17H24N6O2. The van der Waals surface area contributed by atoms with Gasteiger partial charge in [0, 0.05) is 45.6 Å². The number of aromatic amines is 1. The first-order valence-electron chi connectivity index (χ1n) is 8.86. The summed E-state index contributed by atoms with van der Waals surface area (Å²) in [5.41, 5.74) is 0.846. The summed E-state index contributed by atoms with van der Waals surface area (Å²) in [6.07, 6.45) is 6.19. The molecule has 0 aliphatic carbocycles. The summed E-state index contributed by atoms with van der Waals surface area (Å²) in [7, 11) is 1.88. The van der Waals surface area contributed by atoms with Crippen molar-refractivity contribution in [2.75, 3.05) is 38.3 Å². The number of urea groups is 1. The van der Waals surface area contributed by atoms with Gasteiger partial charge in [0.1, 0.15) is 17.8 Å². The van der Waals surface area contributed by atoms with Crippen LogP contribution in [0.1, 0.15) is 19.3 Å². The van der Waals surface area contributed by atoms with Crippen LogP contribution in [0.3, 0.4) is 0 Å². The monoisotopic (exact) mass is 344 g/mol. The zero-order valence-electron chi connectivity index (χ0n) is 14.4. The second-order valence-corrected chi connectivity index (χ2v) is 6.77. The van der Waals surface area contributed by atoms with Gasteiger partial charge in [-0.3, -0.25) is 0 Å². The summed E-state index contributed by atoms with van der Waals surface area (Å²) >= 11 is 0. The summed E-state index contributed by atoms with van der Waals surface area (Å²) in [6, 6.07) is 2.42. The Morgan fingerprint density at radius 1 is 1.36 bits per heavy atom. The van der Waals surface area contributed by atoms with Gasteiger partial charge in [0.15, 0.2) is 0 Å². The highest BCUT2D eigenvalue weighted by Crippen LogP contribution is 2.26. The summed E-state index contributed by atoms with van der Waals surface area (Å²) in [5.74, 6) is 0.937. The highest BCUT2D eigenvalue weighted by atomic mass is 16.5. The second-order valence-electron chi connectivity index (χ2n) is 6.77. The Balaban J connectivity index is 1.39. The lowest BCUT2D eigenvalue weighted by molar-refractivity contribution is 0.0779. The zero-order chi connectivity index (χ0) is 17.2. The van der Waals surface area contributed by atoms with Crippen molar-refractivity contribution in [2.45, 2.75) is 31.3 Å². The van der Waals surface area contributed by atoms with Crippen molar-refractivity contribution in [1.82, 2.24) is 25.2 Å². The Morgan fingerprint density at radius 3 is 3.04 bits per heavy atom. The fourth-order valence-corrected chi connectivity index (χ4v) is 3.65. The smallest absolute Gasteiger partial charge is 0.317 e. The molecule has 4 rings (SSSR count). The predicted octanol–water partition coefficient (Wildman–Crippen LogP) is 1.36. The molecule has 4 heterocycles. The molecule has 8 heteroatoms. The number of H-pyrrole nitrogens is 1. The van der Waals surface area contributed by atoms with E-state index in [1.165, 1.54) is 0 Å². The van der Waals surface area contributed by atoms with Gasteiger partial charge in [-0.1, -0.05) is 0 Å². The van der Waals surface area contributed by atoms with E-state index in [4.69, 9.17) is 4.74 Å². The Morgan fingerprint density at radius 2 is 2.20 bits per heavy atom. The minimum atomic E-state index is 0.00762. The molecule has 0 saturated carbocycles. The minimum absolute atomic E-state index is 0.00762.